The van der Waals surface area contributed by atoms with Crippen molar-refractivity contribution in [1.29, 1.82) is 0 Å². The number of imide groups is 1. The second kappa shape index (κ2) is 6.75. The number of fused-ring (bicyclic) bond motifs is 3. The maximum atomic E-state index is 12.7. The standard InChI is InChI=1S/C19H22N5O4/c1-12-11-23-15-16(21(2)19(27)22(3)17(15)26)20-18(23)24(12)13-7-4-5-8-14(13)28-10-6-9-25/h4-5,7-8,11,15,25H,6,9-10H2,1-3H3/q+1. The molecule has 2 aliphatic rings. The van der Waals surface area contributed by atoms with Crippen molar-refractivity contribution in [3.8, 4) is 11.4 Å². The number of urea groups is 1. The van der Waals surface area contributed by atoms with Crippen LogP contribution in [0.4, 0.5) is 10.7 Å². The van der Waals surface area contributed by atoms with E-state index >= 15 is 0 Å². The first-order valence-electron chi connectivity index (χ1n) is 9.06. The topological polar surface area (TPSA) is 91.2 Å². The Morgan fingerprint density at radius 1 is 1.21 bits per heavy atom. The van der Waals surface area contributed by atoms with Crippen LogP contribution in [0.5, 0.6) is 5.75 Å². The summed E-state index contributed by atoms with van der Waals surface area (Å²) in [6.07, 6.45) is 2.39. The fourth-order valence-electron chi connectivity index (χ4n) is 3.57. The number of nitrogens with zero attached hydrogens (tertiary/aromatic N) is 5. The lowest BCUT2D eigenvalue weighted by atomic mass is 10.2. The number of ether oxygens (including phenoxy) is 1. The van der Waals surface area contributed by atoms with Crippen LogP contribution >= 0.6 is 0 Å². The van der Waals surface area contributed by atoms with Gasteiger partial charge in [0.2, 0.25) is 11.9 Å². The number of amides is 3. The summed E-state index contributed by atoms with van der Waals surface area (Å²) < 4.78 is 9.53. The lowest BCUT2D eigenvalue weighted by Gasteiger charge is -2.30. The van der Waals surface area contributed by atoms with Crippen LogP contribution in [0.25, 0.3) is 5.69 Å². The number of aliphatic imine (C=N–C) groups is 1. The summed E-state index contributed by atoms with van der Waals surface area (Å²) >= 11 is 0. The number of carbonyl (C=O) groups excluding carboxylic acids is 2. The smallest absolute Gasteiger partial charge is 0.407 e. The van der Waals surface area contributed by atoms with Gasteiger partial charge in [0.25, 0.3) is 5.91 Å². The summed E-state index contributed by atoms with van der Waals surface area (Å²) in [6, 6.07) is 6.47. The van der Waals surface area contributed by atoms with Crippen molar-refractivity contribution < 1.29 is 24.0 Å². The van der Waals surface area contributed by atoms with E-state index in [4.69, 9.17) is 9.84 Å². The molecule has 9 heteroatoms. The van der Waals surface area contributed by atoms with Crippen LogP contribution in [0.2, 0.25) is 0 Å². The first kappa shape index (κ1) is 18.2. The minimum Gasteiger partial charge on any atom is -0.490 e. The number of hydrogen-bond donors (Lipinski definition) is 1. The Kier molecular flexibility index (Phi) is 4.38. The van der Waals surface area contributed by atoms with Crippen LogP contribution in [0.15, 0.2) is 35.5 Å². The van der Waals surface area contributed by atoms with Crippen LogP contribution in [0.3, 0.4) is 0 Å². The maximum absolute atomic E-state index is 12.7. The summed E-state index contributed by atoms with van der Waals surface area (Å²) in [6.45, 7) is 2.37. The van der Waals surface area contributed by atoms with Crippen LogP contribution in [0, 0.1) is 6.92 Å². The maximum Gasteiger partial charge on any atom is 0.407 e. The third-order valence-electron chi connectivity index (χ3n) is 5.00. The largest absolute Gasteiger partial charge is 0.490 e. The molecule has 0 saturated carbocycles. The van der Waals surface area contributed by atoms with Crippen molar-refractivity contribution in [3.63, 3.8) is 0 Å². The number of amidine groups is 1. The number of hydrogen-bond acceptors (Lipinski definition) is 5. The quantitative estimate of drug-likeness (QED) is 0.614. The molecular formula is C19H22N5O4+. The predicted molar refractivity (Wildman–Crippen MR) is 100.0 cm³/mol. The summed E-state index contributed by atoms with van der Waals surface area (Å²) in [5, 5.41) is 9.01. The fourth-order valence-corrected chi connectivity index (χ4v) is 3.57. The van der Waals surface area contributed by atoms with Gasteiger partial charge in [0, 0.05) is 27.1 Å². The second-order valence-corrected chi connectivity index (χ2v) is 6.82. The molecule has 1 aromatic carbocycles. The van der Waals surface area contributed by atoms with Gasteiger partial charge in [-0.25, -0.2) is 9.36 Å². The minimum atomic E-state index is -0.662. The van der Waals surface area contributed by atoms with Gasteiger partial charge in [-0.15, -0.1) is 0 Å². The highest BCUT2D eigenvalue weighted by atomic mass is 16.5. The van der Waals surface area contributed by atoms with E-state index in [2.05, 4.69) is 4.99 Å². The number of aliphatic hydroxyl groups is 1. The highest BCUT2D eigenvalue weighted by Gasteiger charge is 2.52. The van der Waals surface area contributed by atoms with E-state index in [9.17, 15) is 9.59 Å². The average Bonchev–Trinajstić information content (AvgIpc) is 3.20. The van der Waals surface area contributed by atoms with Gasteiger partial charge in [-0.1, -0.05) is 17.1 Å². The molecule has 1 aromatic heterocycles. The predicted octanol–water partition coefficient (Wildman–Crippen LogP) is 0.943. The third kappa shape index (κ3) is 2.58. The molecule has 28 heavy (non-hydrogen) atoms. The molecule has 1 N–H and O–H groups in total. The molecule has 9 nitrogen and oxygen atoms in total. The number of aryl methyl sites for hydroxylation is 1. The van der Waals surface area contributed by atoms with Gasteiger partial charge < -0.3 is 9.84 Å². The number of para-hydroxylation sites is 2. The lowest BCUT2D eigenvalue weighted by Crippen LogP contribution is -2.61. The van der Waals surface area contributed by atoms with E-state index < -0.39 is 12.1 Å². The Labute approximate surface area is 162 Å². The third-order valence-corrected chi connectivity index (χ3v) is 5.00. The van der Waals surface area contributed by atoms with E-state index in [0.29, 0.717) is 30.6 Å². The number of likely N-dealkylation sites (N-methyl/N-ethyl adjacent to an activating group) is 2. The molecule has 146 valence electrons. The minimum absolute atomic E-state index is 0.0568. The normalized spacial score (nSPS) is 18.3. The van der Waals surface area contributed by atoms with Crippen LogP contribution in [-0.2, 0) is 4.79 Å². The van der Waals surface area contributed by atoms with E-state index in [1.54, 1.807) is 11.6 Å². The van der Waals surface area contributed by atoms with E-state index in [1.807, 2.05) is 42.0 Å². The molecule has 1 unspecified atom stereocenters. The second-order valence-electron chi connectivity index (χ2n) is 6.82. The Balaban J connectivity index is 1.82. The molecule has 0 aliphatic carbocycles. The molecule has 3 amide bonds. The van der Waals surface area contributed by atoms with Gasteiger partial charge in [0.1, 0.15) is 17.6 Å². The summed E-state index contributed by atoms with van der Waals surface area (Å²) in [7, 11) is 3.09. The van der Waals surface area contributed by atoms with E-state index in [1.165, 1.54) is 11.9 Å². The van der Waals surface area contributed by atoms with Gasteiger partial charge in [0.15, 0.2) is 5.75 Å². The van der Waals surface area contributed by atoms with Gasteiger partial charge >= 0.3 is 12.0 Å². The molecule has 0 bridgehead atoms. The highest BCUT2D eigenvalue weighted by molar-refractivity contribution is 6.18. The van der Waals surface area contributed by atoms with Gasteiger partial charge in [-0.05, 0) is 19.1 Å². The van der Waals surface area contributed by atoms with E-state index in [-0.39, 0.29) is 12.5 Å². The number of carbonyl (C=O) groups is 2. The lowest BCUT2D eigenvalue weighted by molar-refractivity contribution is -0.676. The number of rotatable bonds is 5. The molecule has 1 fully saturated rings. The molecular weight excluding hydrogens is 362 g/mol. The van der Waals surface area contributed by atoms with Gasteiger partial charge in [-0.3, -0.25) is 14.6 Å². The van der Waals surface area contributed by atoms with Crippen molar-refractivity contribution in [3.05, 3.63) is 36.2 Å². The van der Waals surface area contributed by atoms with E-state index in [0.717, 1.165) is 16.3 Å². The van der Waals surface area contributed by atoms with Crippen molar-refractivity contribution in [2.24, 2.45) is 4.99 Å². The summed E-state index contributed by atoms with van der Waals surface area (Å²) in [4.78, 5) is 32.2. The average molecular weight is 384 g/mol. The molecule has 1 atom stereocenters. The van der Waals surface area contributed by atoms with Crippen LogP contribution in [0.1, 0.15) is 18.2 Å². The number of aromatic nitrogens is 2. The van der Waals surface area contributed by atoms with Crippen molar-refractivity contribution >= 4 is 23.7 Å². The zero-order valence-corrected chi connectivity index (χ0v) is 16.0. The van der Waals surface area contributed by atoms with Crippen LogP contribution in [-0.4, -0.2) is 64.6 Å². The fraction of sp³-hybridized carbons (Fsp3) is 0.368. The molecule has 1 saturated heterocycles. The number of imidazole rings is 1. The Bertz CT molecular complexity index is 996. The van der Waals surface area contributed by atoms with Crippen molar-refractivity contribution in [2.45, 2.75) is 19.4 Å². The zero-order valence-electron chi connectivity index (χ0n) is 16.0. The molecule has 2 aliphatic heterocycles. The molecule has 0 spiro atoms. The number of aliphatic hydroxyl groups excluding tert-OH is 1. The van der Waals surface area contributed by atoms with Crippen LogP contribution < -0.4 is 9.30 Å². The summed E-state index contributed by atoms with van der Waals surface area (Å²) in [5.74, 6) is 1.31. The molecule has 3 heterocycles. The molecule has 0 radical (unpaired) electrons. The van der Waals surface area contributed by atoms with Crippen molar-refractivity contribution in [1.82, 2.24) is 14.4 Å². The first-order chi connectivity index (χ1) is 13.5. The van der Waals surface area contributed by atoms with Gasteiger partial charge in [-0.2, -0.15) is 4.57 Å². The zero-order chi connectivity index (χ0) is 20.0. The highest BCUT2D eigenvalue weighted by Crippen LogP contribution is 2.33. The molecule has 4 rings (SSSR count). The Morgan fingerprint density at radius 3 is 2.71 bits per heavy atom. The molecule has 2 aromatic rings. The van der Waals surface area contributed by atoms with Crippen molar-refractivity contribution in [2.75, 3.05) is 27.3 Å². The monoisotopic (exact) mass is 384 g/mol. The SMILES string of the molecule is Cc1c[n+]2c(n1-c1ccccc1OCCCO)N=C1C2C(=O)N(C)C(=O)N1C. The Morgan fingerprint density at radius 2 is 1.96 bits per heavy atom. The van der Waals surface area contributed by atoms with Gasteiger partial charge in [0.05, 0.1) is 6.61 Å². The first-order valence-corrected chi connectivity index (χ1v) is 9.06. The summed E-state index contributed by atoms with van der Waals surface area (Å²) in [5.41, 5.74) is 1.66. The Hall–Kier alpha value is -3.20. The number of benzene rings is 1.